The second kappa shape index (κ2) is 2.47. The first kappa shape index (κ1) is 9.04. The van der Waals surface area contributed by atoms with Crippen molar-refractivity contribution >= 4 is 9.84 Å². The fourth-order valence-corrected chi connectivity index (χ4v) is 4.77. The zero-order chi connectivity index (χ0) is 8.70. The quantitative estimate of drug-likeness (QED) is 0.562. The van der Waals surface area contributed by atoms with Gasteiger partial charge in [0, 0.05) is 0 Å². The van der Waals surface area contributed by atoms with Crippen molar-refractivity contribution in [1.29, 1.82) is 0 Å². The summed E-state index contributed by atoms with van der Waals surface area (Å²) >= 11 is 0. The Morgan fingerprint density at radius 1 is 1.27 bits per heavy atom. The Morgan fingerprint density at radius 2 is 1.73 bits per heavy atom. The fourth-order valence-electron chi connectivity index (χ4n) is 2.01. The summed E-state index contributed by atoms with van der Waals surface area (Å²) in [5.74, 6) is 0.449. The molecule has 3 rings (SSSR count). The summed E-state index contributed by atoms with van der Waals surface area (Å²) in [5, 5.41) is 0.0440. The number of hydrogen-bond acceptors (Lipinski definition) is 2. The van der Waals surface area contributed by atoms with Gasteiger partial charge in [-0.3, -0.25) is 0 Å². The first-order valence-corrected chi connectivity index (χ1v) is 5.95. The number of hydrogen-bond donors (Lipinski definition) is 0. The maximum atomic E-state index is 11.0. The van der Waals surface area contributed by atoms with Crippen LogP contribution in [0.2, 0.25) is 0 Å². The van der Waals surface area contributed by atoms with Gasteiger partial charge >= 0.3 is 0 Å². The molecule has 2 heterocycles. The highest BCUT2D eigenvalue weighted by atomic mass is 32.2. The van der Waals surface area contributed by atoms with Crippen molar-refractivity contribution in [1.82, 2.24) is 0 Å². The summed E-state index contributed by atoms with van der Waals surface area (Å²) in [7, 11) is -2.61. The second-order valence-corrected chi connectivity index (χ2v) is 5.93. The molecule has 0 N–H and O–H groups in total. The van der Waals surface area contributed by atoms with Gasteiger partial charge in [-0.1, -0.05) is 20.8 Å². The average Bonchev–Trinajstić information content (AvgIpc) is 2.18. The van der Waals surface area contributed by atoms with Gasteiger partial charge in [0.05, 0.1) is 11.0 Å². The predicted molar refractivity (Wildman–Crippen MR) is 46.3 cm³/mol. The molecule has 2 nitrogen and oxygen atoms in total. The van der Waals surface area contributed by atoms with Crippen LogP contribution < -0.4 is 0 Å². The van der Waals surface area contributed by atoms with Crippen molar-refractivity contribution in [3.63, 3.8) is 0 Å². The normalized spacial score (nSPS) is 43.7. The largest absolute Gasteiger partial charge is 0.229 e. The minimum absolute atomic E-state index is 0.0440. The van der Waals surface area contributed by atoms with Gasteiger partial charge in [0.2, 0.25) is 0 Å². The molecule has 0 atom stereocenters. The minimum atomic E-state index is -2.61. The lowest BCUT2D eigenvalue weighted by atomic mass is 9.72. The lowest BCUT2D eigenvalue weighted by Crippen LogP contribution is -2.29. The highest BCUT2D eigenvalue weighted by molar-refractivity contribution is 7.92. The molecule has 3 heteroatoms. The maximum absolute atomic E-state index is 11.0. The molecule has 3 fully saturated rings. The number of fused-ring (bicyclic) bond motifs is 1. The first-order valence-electron chi connectivity index (χ1n) is 4.23. The van der Waals surface area contributed by atoms with Crippen LogP contribution in [0.4, 0.5) is 0 Å². The molecule has 0 unspecified atom stereocenters. The van der Waals surface area contributed by atoms with Crippen LogP contribution in [0.15, 0.2) is 0 Å². The fraction of sp³-hybridized carbons (Fsp3) is 1.00. The lowest BCUT2D eigenvalue weighted by molar-refractivity contribution is 0.233. The topological polar surface area (TPSA) is 34.1 Å². The van der Waals surface area contributed by atoms with Crippen molar-refractivity contribution in [3.05, 3.63) is 0 Å². The van der Waals surface area contributed by atoms with Crippen molar-refractivity contribution in [2.75, 3.05) is 5.75 Å². The Morgan fingerprint density at radius 3 is 1.82 bits per heavy atom. The second-order valence-electron chi connectivity index (χ2n) is 3.65. The van der Waals surface area contributed by atoms with Crippen molar-refractivity contribution in [3.8, 4) is 0 Å². The van der Waals surface area contributed by atoms with Gasteiger partial charge in [-0.15, -0.1) is 0 Å². The van der Waals surface area contributed by atoms with E-state index in [0.29, 0.717) is 5.75 Å². The van der Waals surface area contributed by atoms with E-state index < -0.39 is 9.84 Å². The van der Waals surface area contributed by atoms with E-state index in [4.69, 9.17) is 0 Å². The molecule has 0 spiro atoms. The summed E-state index contributed by atoms with van der Waals surface area (Å²) in [6.07, 6.45) is 1.85. The third-order valence-corrected chi connectivity index (χ3v) is 4.95. The van der Waals surface area contributed by atoms with Crippen LogP contribution in [-0.4, -0.2) is 19.4 Å². The summed E-state index contributed by atoms with van der Waals surface area (Å²) in [5.41, 5.74) is 0.184. The van der Waals surface area contributed by atoms with Crippen LogP contribution in [0.1, 0.15) is 33.6 Å². The van der Waals surface area contributed by atoms with E-state index in [1.165, 1.54) is 0 Å². The van der Waals surface area contributed by atoms with Gasteiger partial charge in [0.15, 0.2) is 9.84 Å². The highest BCUT2D eigenvalue weighted by Crippen LogP contribution is 2.53. The Labute approximate surface area is 68.9 Å². The van der Waals surface area contributed by atoms with Crippen molar-refractivity contribution in [2.45, 2.75) is 38.9 Å². The zero-order valence-electron chi connectivity index (χ0n) is 7.42. The van der Waals surface area contributed by atoms with Gasteiger partial charge in [-0.05, 0) is 18.3 Å². The van der Waals surface area contributed by atoms with E-state index in [2.05, 4.69) is 6.92 Å². The molecule has 66 valence electrons. The monoisotopic (exact) mass is 176 g/mol. The van der Waals surface area contributed by atoms with Crippen LogP contribution >= 0.6 is 0 Å². The van der Waals surface area contributed by atoms with E-state index in [1.54, 1.807) is 0 Å². The highest BCUT2D eigenvalue weighted by Gasteiger charge is 2.56. The summed E-state index contributed by atoms with van der Waals surface area (Å²) in [4.78, 5) is 0. The Bertz CT molecular complexity index is 235. The van der Waals surface area contributed by atoms with Gasteiger partial charge in [-0.25, -0.2) is 8.42 Å². The predicted octanol–water partition coefficient (Wildman–Crippen LogP) is 1.61. The molecule has 1 saturated carbocycles. The summed E-state index contributed by atoms with van der Waals surface area (Å²) < 4.78 is 22.0. The van der Waals surface area contributed by atoms with E-state index >= 15 is 0 Å². The van der Waals surface area contributed by atoms with Crippen molar-refractivity contribution in [2.24, 2.45) is 5.41 Å². The van der Waals surface area contributed by atoms with Gasteiger partial charge in [0.25, 0.3) is 0 Å². The SMILES string of the molecule is CC.CC12CC(C1)S(=O)(=O)C2. The molecular weight excluding hydrogens is 160 g/mol. The van der Waals surface area contributed by atoms with Crippen LogP contribution in [0, 0.1) is 5.41 Å². The third-order valence-electron chi connectivity index (χ3n) is 2.50. The molecule has 0 radical (unpaired) electrons. The molecule has 11 heavy (non-hydrogen) atoms. The van der Waals surface area contributed by atoms with E-state index in [1.807, 2.05) is 13.8 Å². The van der Waals surface area contributed by atoms with Crippen LogP contribution in [0.3, 0.4) is 0 Å². The lowest BCUT2D eigenvalue weighted by Gasteiger charge is -2.31. The molecule has 0 amide bonds. The van der Waals surface area contributed by atoms with E-state index in [9.17, 15) is 8.42 Å². The molecule has 3 aliphatic rings. The number of sulfone groups is 1. The Kier molecular flexibility index (Phi) is 2.03. The van der Waals surface area contributed by atoms with Gasteiger partial charge < -0.3 is 0 Å². The Hall–Kier alpha value is -0.0500. The van der Waals surface area contributed by atoms with E-state index in [-0.39, 0.29) is 10.7 Å². The molecule has 1 aliphatic carbocycles. The molecule has 2 aliphatic heterocycles. The molecule has 0 aromatic rings. The van der Waals surface area contributed by atoms with Crippen LogP contribution in [-0.2, 0) is 9.84 Å². The molecule has 0 aromatic carbocycles. The molecule has 0 aromatic heterocycles. The average molecular weight is 176 g/mol. The zero-order valence-corrected chi connectivity index (χ0v) is 8.24. The maximum Gasteiger partial charge on any atom is 0.153 e. The Balaban J connectivity index is 0.000000281. The third kappa shape index (κ3) is 1.31. The number of rotatable bonds is 0. The minimum Gasteiger partial charge on any atom is -0.229 e. The smallest absolute Gasteiger partial charge is 0.153 e. The first-order chi connectivity index (χ1) is 5.02. The summed E-state index contributed by atoms with van der Waals surface area (Å²) in [6.45, 7) is 6.06. The molecule has 2 bridgehead atoms. The van der Waals surface area contributed by atoms with Gasteiger partial charge in [-0.2, -0.15) is 0 Å². The standard InChI is InChI=1S/C6H10O2S.C2H6/c1-6-2-5(3-6)9(7,8)4-6;1-2/h5H,2-4H2,1H3;1-2H3. The van der Waals surface area contributed by atoms with Gasteiger partial charge in [0.1, 0.15) is 0 Å². The van der Waals surface area contributed by atoms with E-state index in [0.717, 1.165) is 12.8 Å². The molecule has 2 saturated heterocycles. The van der Waals surface area contributed by atoms with Crippen molar-refractivity contribution < 1.29 is 8.42 Å². The van der Waals surface area contributed by atoms with Crippen LogP contribution in [0.5, 0.6) is 0 Å². The van der Waals surface area contributed by atoms with Crippen LogP contribution in [0.25, 0.3) is 0 Å². The summed E-state index contributed by atoms with van der Waals surface area (Å²) in [6, 6.07) is 0. The molecular formula is C8H16O2S.